The van der Waals surface area contributed by atoms with Gasteiger partial charge in [-0.2, -0.15) is 14.6 Å². The van der Waals surface area contributed by atoms with Crippen LogP contribution in [0.2, 0.25) is 0 Å². The smallest absolute Gasteiger partial charge is 0.254 e. The minimum Gasteiger partial charge on any atom is -0.349 e. The second-order valence-electron chi connectivity index (χ2n) is 5.39. The molecule has 0 spiro atoms. The van der Waals surface area contributed by atoms with Crippen LogP contribution in [0.5, 0.6) is 0 Å². The maximum atomic E-state index is 4.32. The molecular weight excluding hydrogens is 262 g/mol. The van der Waals surface area contributed by atoms with Crippen molar-refractivity contribution in [3.63, 3.8) is 0 Å². The van der Waals surface area contributed by atoms with Gasteiger partial charge in [0.15, 0.2) is 0 Å². The third-order valence-corrected chi connectivity index (χ3v) is 4.14. The van der Waals surface area contributed by atoms with Crippen LogP contribution < -0.4 is 4.90 Å². The third kappa shape index (κ3) is 2.14. The molecule has 3 aromatic rings. The first-order valence-electron chi connectivity index (χ1n) is 7.40. The Morgan fingerprint density at radius 2 is 1.90 bits per heavy atom. The van der Waals surface area contributed by atoms with Crippen molar-refractivity contribution in [2.75, 3.05) is 11.4 Å². The summed E-state index contributed by atoms with van der Waals surface area (Å²) in [5.74, 6) is 1.73. The molecule has 0 aliphatic carbocycles. The zero-order chi connectivity index (χ0) is 14.1. The van der Waals surface area contributed by atoms with E-state index in [-0.39, 0.29) is 0 Å². The van der Waals surface area contributed by atoms with Gasteiger partial charge < -0.3 is 4.90 Å². The molecular formula is C16H17N5. The van der Waals surface area contributed by atoms with Crippen LogP contribution in [-0.2, 0) is 0 Å². The summed E-state index contributed by atoms with van der Waals surface area (Å²) in [4.78, 5) is 10.9. The zero-order valence-electron chi connectivity index (χ0n) is 11.8. The van der Waals surface area contributed by atoms with E-state index in [9.17, 15) is 0 Å². The molecule has 1 aliphatic heterocycles. The molecule has 2 aromatic heterocycles. The Bertz CT molecular complexity index is 737. The highest BCUT2D eigenvalue weighted by atomic mass is 15.4. The predicted octanol–water partition coefficient (Wildman–Crippen LogP) is 2.86. The molecule has 5 nitrogen and oxygen atoms in total. The molecule has 0 N–H and O–H groups in total. The summed E-state index contributed by atoms with van der Waals surface area (Å²) in [5.41, 5.74) is 1.36. The highest BCUT2D eigenvalue weighted by Gasteiger charge is 2.26. The fourth-order valence-corrected chi connectivity index (χ4v) is 3.17. The summed E-state index contributed by atoms with van der Waals surface area (Å²) in [6.45, 7) is 1.04. The van der Waals surface area contributed by atoms with Gasteiger partial charge in [-0.15, -0.1) is 0 Å². The van der Waals surface area contributed by atoms with Crippen molar-refractivity contribution in [3.05, 3.63) is 54.5 Å². The van der Waals surface area contributed by atoms with Crippen LogP contribution in [-0.4, -0.2) is 26.1 Å². The second-order valence-corrected chi connectivity index (χ2v) is 5.39. The van der Waals surface area contributed by atoms with Crippen molar-refractivity contribution in [1.29, 1.82) is 0 Å². The van der Waals surface area contributed by atoms with Crippen LogP contribution in [0.1, 0.15) is 30.9 Å². The van der Waals surface area contributed by atoms with Crippen molar-refractivity contribution >= 4 is 11.6 Å². The number of hydrogen-bond acceptors (Lipinski definition) is 4. The van der Waals surface area contributed by atoms with E-state index in [1.807, 2.05) is 16.8 Å². The fourth-order valence-electron chi connectivity index (χ4n) is 3.17. The third-order valence-electron chi connectivity index (χ3n) is 4.14. The molecule has 1 atom stereocenters. The van der Waals surface area contributed by atoms with Crippen molar-refractivity contribution in [2.24, 2.45) is 0 Å². The first-order valence-corrected chi connectivity index (χ1v) is 7.40. The average molecular weight is 279 g/mol. The van der Waals surface area contributed by atoms with Crippen molar-refractivity contribution in [3.8, 4) is 0 Å². The van der Waals surface area contributed by atoms with Gasteiger partial charge in [-0.1, -0.05) is 30.3 Å². The lowest BCUT2D eigenvalue weighted by molar-refractivity contribution is 0.466. The highest BCUT2D eigenvalue weighted by Crippen LogP contribution is 2.34. The molecule has 3 heterocycles. The molecule has 4 rings (SSSR count). The molecule has 1 fully saturated rings. The molecule has 0 saturated carbocycles. The Morgan fingerprint density at radius 3 is 2.81 bits per heavy atom. The van der Waals surface area contributed by atoms with Gasteiger partial charge >= 0.3 is 0 Å². The van der Waals surface area contributed by atoms with Gasteiger partial charge in [0.1, 0.15) is 12.1 Å². The number of hydrogen-bond donors (Lipinski definition) is 0. The maximum absolute atomic E-state index is 4.32. The second kappa shape index (κ2) is 5.16. The Balaban J connectivity index is 1.79. The number of rotatable bonds is 2. The lowest BCUT2D eigenvalue weighted by atomic mass is 9.95. The molecule has 0 amide bonds. The van der Waals surface area contributed by atoms with Gasteiger partial charge in [0.25, 0.3) is 5.78 Å². The number of benzene rings is 1. The minimum atomic E-state index is 0.398. The van der Waals surface area contributed by atoms with Crippen LogP contribution >= 0.6 is 0 Å². The van der Waals surface area contributed by atoms with Crippen LogP contribution in [0, 0.1) is 0 Å². The van der Waals surface area contributed by atoms with Crippen molar-refractivity contribution in [1.82, 2.24) is 19.6 Å². The van der Waals surface area contributed by atoms with Crippen LogP contribution in [0.25, 0.3) is 5.78 Å². The lowest BCUT2D eigenvalue weighted by Crippen LogP contribution is -2.34. The fraction of sp³-hybridized carbons (Fsp3) is 0.312. The quantitative estimate of drug-likeness (QED) is 0.723. The summed E-state index contributed by atoms with van der Waals surface area (Å²) in [6, 6.07) is 13.1. The van der Waals surface area contributed by atoms with Gasteiger partial charge in [0, 0.05) is 12.7 Å². The van der Waals surface area contributed by atoms with Gasteiger partial charge in [-0.25, -0.2) is 4.98 Å². The molecule has 5 heteroatoms. The van der Waals surface area contributed by atoms with Crippen molar-refractivity contribution < 1.29 is 0 Å². The number of fused-ring (bicyclic) bond motifs is 1. The Hall–Kier alpha value is -2.43. The Morgan fingerprint density at radius 1 is 1.00 bits per heavy atom. The molecule has 0 bridgehead atoms. The first kappa shape index (κ1) is 12.3. The van der Waals surface area contributed by atoms with Crippen molar-refractivity contribution in [2.45, 2.75) is 25.3 Å². The largest absolute Gasteiger partial charge is 0.349 e. The summed E-state index contributed by atoms with van der Waals surface area (Å²) in [7, 11) is 0. The Kier molecular flexibility index (Phi) is 3.03. The van der Waals surface area contributed by atoms with Gasteiger partial charge in [0.05, 0.1) is 6.04 Å². The van der Waals surface area contributed by atoms with Gasteiger partial charge in [-0.05, 0) is 30.9 Å². The number of piperidine rings is 1. The molecule has 106 valence electrons. The van der Waals surface area contributed by atoms with E-state index >= 15 is 0 Å². The first-order chi connectivity index (χ1) is 10.4. The summed E-state index contributed by atoms with van der Waals surface area (Å²) in [5, 5.41) is 4.32. The average Bonchev–Trinajstić information content (AvgIpc) is 3.04. The Labute approximate surface area is 123 Å². The molecule has 1 aromatic carbocycles. The lowest BCUT2D eigenvalue weighted by Gasteiger charge is -2.37. The SMILES string of the molecule is c1ccc(C2CCCCN2c2ccnc3ncnn23)cc1. The minimum absolute atomic E-state index is 0.398. The molecule has 1 unspecified atom stereocenters. The van der Waals surface area contributed by atoms with E-state index in [1.54, 1.807) is 6.33 Å². The van der Waals surface area contributed by atoms with Crippen LogP contribution in [0.15, 0.2) is 48.9 Å². The number of aromatic nitrogens is 4. The predicted molar refractivity (Wildman–Crippen MR) is 81.2 cm³/mol. The standard InChI is InChI=1S/C16H17N5/c1-2-6-13(7-3-1)14-8-4-5-11-20(14)15-9-10-17-16-18-12-19-21(15)16/h1-3,6-7,9-10,12,14H,4-5,8,11H2. The summed E-state index contributed by atoms with van der Waals surface area (Å²) in [6.07, 6.45) is 7.02. The molecule has 0 radical (unpaired) electrons. The monoisotopic (exact) mass is 279 g/mol. The summed E-state index contributed by atoms with van der Waals surface area (Å²) < 4.78 is 1.83. The number of anilines is 1. The van der Waals surface area contributed by atoms with Crippen LogP contribution in [0.3, 0.4) is 0 Å². The molecule has 21 heavy (non-hydrogen) atoms. The normalized spacial score (nSPS) is 19.0. The highest BCUT2D eigenvalue weighted by molar-refractivity contribution is 5.48. The van der Waals surface area contributed by atoms with E-state index in [4.69, 9.17) is 0 Å². The molecule has 1 aliphatic rings. The maximum Gasteiger partial charge on any atom is 0.254 e. The zero-order valence-corrected chi connectivity index (χ0v) is 11.8. The summed E-state index contributed by atoms with van der Waals surface area (Å²) >= 11 is 0. The van der Waals surface area contributed by atoms with E-state index in [0.717, 1.165) is 12.4 Å². The van der Waals surface area contributed by atoms with E-state index < -0.39 is 0 Å². The van der Waals surface area contributed by atoms with E-state index in [0.29, 0.717) is 11.8 Å². The van der Waals surface area contributed by atoms with Crippen LogP contribution in [0.4, 0.5) is 5.82 Å². The topological polar surface area (TPSA) is 46.3 Å². The van der Waals surface area contributed by atoms with Gasteiger partial charge in [0.2, 0.25) is 0 Å². The van der Waals surface area contributed by atoms with E-state index in [1.165, 1.54) is 24.8 Å². The van der Waals surface area contributed by atoms with Gasteiger partial charge in [-0.3, -0.25) is 0 Å². The number of nitrogens with zero attached hydrogens (tertiary/aromatic N) is 5. The molecule has 1 saturated heterocycles. The van der Waals surface area contributed by atoms with E-state index in [2.05, 4.69) is 50.3 Å².